The predicted molar refractivity (Wildman–Crippen MR) is 87.5 cm³/mol. The third kappa shape index (κ3) is 3.82. The number of rotatable bonds is 5. The average molecular weight is 365 g/mol. The van der Waals surface area contributed by atoms with Crippen molar-refractivity contribution < 1.29 is 9.53 Å². The molecular weight excluding hydrogens is 348 g/mol. The predicted octanol–water partition coefficient (Wildman–Crippen LogP) is 3.26. The molecule has 0 aliphatic rings. The highest BCUT2D eigenvalue weighted by Crippen LogP contribution is 2.14. The summed E-state index contributed by atoms with van der Waals surface area (Å²) in [5.41, 5.74) is 0.803. The van der Waals surface area contributed by atoms with Gasteiger partial charge >= 0.3 is 5.97 Å². The van der Waals surface area contributed by atoms with E-state index < -0.39 is 11.4 Å². The van der Waals surface area contributed by atoms with Crippen LogP contribution in [0.2, 0.25) is 0 Å². The third-order valence-corrected chi connectivity index (χ3v) is 3.63. The molecule has 1 aromatic heterocycles. The third-order valence-electron chi connectivity index (χ3n) is 3.10. The van der Waals surface area contributed by atoms with Crippen molar-refractivity contribution in [2.24, 2.45) is 0 Å². The van der Waals surface area contributed by atoms with Gasteiger partial charge in [-0.3, -0.25) is 4.79 Å². The van der Waals surface area contributed by atoms with Crippen LogP contribution in [0.1, 0.15) is 35.9 Å². The standard InChI is InChI=1S/C16H17BrN2O3/c1-3-4-9-22-16(21)15-14(20)10-11(2)19(18-15)13-7-5-12(17)6-8-13/h5-8,10H,3-4,9H2,1-2H3. The minimum atomic E-state index is -0.677. The first kappa shape index (κ1) is 16.4. The van der Waals surface area contributed by atoms with Crippen LogP contribution in [0.3, 0.4) is 0 Å². The number of benzene rings is 1. The molecule has 0 spiro atoms. The molecule has 0 amide bonds. The lowest BCUT2D eigenvalue weighted by Gasteiger charge is -2.11. The second kappa shape index (κ2) is 7.35. The molecule has 0 saturated heterocycles. The van der Waals surface area contributed by atoms with Gasteiger partial charge < -0.3 is 4.74 Å². The number of carbonyl (C=O) groups is 1. The maximum Gasteiger partial charge on any atom is 0.362 e. The molecule has 0 fully saturated rings. The van der Waals surface area contributed by atoms with E-state index >= 15 is 0 Å². The zero-order valence-corrected chi connectivity index (χ0v) is 14.1. The van der Waals surface area contributed by atoms with Gasteiger partial charge in [0.15, 0.2) is 0 Å². The van der Waals surface area contributed by atoms with Crippen LogP contribution in [0.4, 0.5) is 0 Å². The van der Waals surface area contributed by atoms with Crippen molar-refractivity contribution in [3.63, 3.8) is 0 Å². The van der Waals surface area contributed by atoms with Crippen LogP contribution in [0.25, 0.3) is 5.69 Å². The number of unbranched alkanes of at least 4 members (excludes halogenated alkanes) is 1. The fourth-order valence-corrected chi connectivity index (χ4v) is 2.17. The summed E-state index contributed by atoms with van der Waals surface area (Å²) in [6.45, 7) is 4.06. The Morgan fingerprint density at radius 2 is 2.00 bits per heavy atom. The molecule has 0 atom stereocenters. The number of carbonyl (C=O) groups excluding carboxylic acids is 1. The maximum atomic E-state index is 12.0. The Hall–Kier alpha value is -1.95. The lowest BCUT2D eigenvalue weighted by Crippen LogP contribution is -2.24. The van der Waals surface area contributed by atoms with Gasteiger partial charge in [0.25, 0.3) is 0 Å². The summed E-state index contributed by atoms with van der Waals surface area (Å²) in [7, 11) is 0. The summed E-state index contributed by atoms with van der Waals surface area (Å²) in [4.78, 5) is 24.0. The van der Waals surface area contributed by atoms with Crippen molar-refractivity contribution in [3.05, 3.63) is 56.4 Å². The van der Waals surface area contributed by atoms with Crippen molar-refractivity contribution in [3.8, 4) is 5.69 Å². The Morgan fingerprint density at radius 1 is 1.32 bits per heavy atom. The molecule has 0 N–H and O–H groups in total. The number of hydrogen-bond acceptors (Lipinski definition) is 4. The van der Waals surface area contributed by atoms with Crippen LogP contribution in [0.15, 0.2) is 39.6 Å². The van der Waals surface area contributed by atoms with Gasteiger partial charge in [-0.1, -0.05) is 29.3 Å². The van der Waals surface area contributed by atoms with Gasteiger partial charge in [-0.05, 0) is 37.6 Å². The Morgan fingerprint density at radius 3 is 2.64 bits per heavy atom. The molecule has 0 radical (unpaired) electrons. The van der Waals surface area contributed by atoms with Crippen molar-refractivity contribution in [2.45, 2.75) is 26.7 Å². The highest BCUT2D eigenvalue weighted by Gasteiger charge is 2.16. The van der Waals surface area contributed by atoms with Crippen LogP contribution < -0.4 is 5.43 Å². The lowest BCUT2D eigenvalue weighted by molar-refractivity contribution is 0.0489. The fraction of sp³-hybridized carbons (Fsp3) is 0.312. The van der Waals surface area contributed by atoms with E-state index in [0.29, 0.717) is 12.3 Å². The molecule has 6 heteroatoms. The average Bonchev–Trinajstić information content (AvgIpc) is 2.48. The minimum Gasteiger partial charge on any atom is -0.461 e. The molecule has 0 aliphatic heterocycles. The van der Waals surface area contributed by atoms with Gasteiger partial charge in [0.05, 0.1) is 12.3 Å². The van der Waals surface area contributed by atoms with Gasteiger partial charge in [0.2, 0.25) is 11.1 Å². The number of aryl methyl sites for hydroxylation is 1. The molecule has 116 valence electrons. The molecule has 2 rings (SSSR count). The second-order valence-electron chi connectivity index (χ2n) is 4.88. The molecule has 5 nitrogen and oxygen atoms in total. The molecule has 1 heterocycles. The summed E-state index contributed by atoms with van der Waals surface area (Å²) in [5.74, 6) is -0.677. The fourth-order valence-electron chi connectivity index (χ4n) is 1.91. The molecule has 0 unspecified atom stereocenters. The first-order valence-corrected chi connectivity index (χ1v) is 7.86. The SMILES string of the molecule is CCCCOC(=O)c1nn(-c2ccc(Br)cc2)c(C)cc1=O. The van der Waals surface area contributed by atoms with Gasteiger partial charge in [-0.15, -0.1) is 0 Å². The molecule has 0 bridgehead atoms. The number of ether oxygens (including phenoxy) is 1. The number of hydrogen-bond donors (Lipinski definition) is 0. The van der Waals surface area contributed by atoms with Gasteiger partial charge in [-0.2, -0.15) is 5.10 Å². The first-order chi connectivity index (χ1) is 10.5. The number of aromatic nitrogens is 2. The summed E-state index contributed by atoms with van der Waals surface area (Å²) in [6.07, 6.45) is 1.68. The monoisotopic (exact) mass is 364 g/mol. The summed E-state index contributed by atoms with van der Waals surface area (Å²) in [6, 6.07) is 8.83. The summed E-state index contributed by atoms with van der Waals surface area (Å²) in [5, 5.41) is 4.16. The quantitative estimate of drug-likeness (QED) is 0.603. The van der Waals surface area contributed by atoms with E-state index in [2.05, 4.69) is 21.0 Å². The van der Waals surface area contributed by atoms with Gasteiger partial charge in [0, 0.05) is 16.2 Å². The topological polar surface area (TPSA) is 61.2 Å². The highest BCUT2D eigenvalue weighted by atomic mass is 79.9. The van der Waals surface area contributed by atoms with E-state index in [1.165, 1.54) is 6.07 Å². The molecular formula is C16H17BrN2O3. The number of nitrogens with zero attached hydrogens (tertiary/aromatic N) is 2. The molecule has 1 aromatic carbocycles. The smallest absolute Gasteiger partial charge is 0.362 e. The van der Waals surface area contributed by atoms with E-state index in [9.17, 15) is 9.59 Å². The first-order valence-electron chi connectivity index (χ1n) is 7.07. The Bertz CT molecular complexity index is 723. The minimum absolute atomic E-state index is 0.190. The molecule has 0 saturated carbocycles. The maximum absolute atomic E-state index is 12.0. The van der Waals surface area contributed by atoms with Crippen molar-refractivity contribution in [1.82, 2.24) is 9.78 Å². The van der Waals surface area contributed by atoms with Crippen LogP contribution >= 0.6 is 15.9 Å². The van der Waals surface area contributed by atoms with Crippen LogP contribution in [0, 0.1) is 6.92 Å². The van der Waals surface area contributed by atoms with Gasteiger partial charge in [-0.25, -0.2) is 9.48 Å². The molecule has 0 aliphatic carbocycles. The van der Waals surface area contributed by atoms with E-state index in [1.807, 2.05) is 31.2 Å². The van der Waals surface area contributed by atoms with Crippen molar-refractivity contribution >= 4 is 21.9 Å². The zero-order chi connectivity index (χ0) is 16.1. The Labute approximate surface area is 137 Å². The zero-order valence-electron chi connectivity index (χ0n) is 12.5. The van der Waals surface area contributed by atoms with E-state index in [4.69, 9.17) is 4.74 Å². The van der Waals surface area contributed by atoms with Crippen molar-refractivity contribution in [1.29, 1.82) is 0 Å². The largest absolute Gasteiger partial charge is 0.461 e. The van der Waals surface area contributed by atoms with E-state index in [-0.39, 0.29) is 5.69 Å². The summed E-state index contributed by atoms with van der Waals surface area (Å²) >= 11 is 3.37. The van der Waals surface area contributed by atoms with Crippen LogP contribution in [-0.4, -0.2) is 22.4 Å². The lowest BCUT2D eigenvalue weighted by atomic mass is 10.3. The van der Waals surface area contributed by atoms with Crippen molar-refractivity contribution in [2.75, 3.05) is 6.61 Å². The van der Waals surface area contributed by atoms with E-state index in [0.717, 1.165) is 23.0 Å². The van der Waals surface area contributed by atoms with Crippen LogP contribution in [0.5, 0.6) is 0 Å². The van der Waals surface area contributed by atoms with Crippen LogP contribution in [-0.2, 0) is 4.74 Å². The van der Waals surface area contributed by atoms with Gasteiger partial charge in [0.1, 0.15) is 0 Å². The molecule has 22 heavy (non-hydrogen) atoms. The summed E-state index contributed by atoms with van der Waals surface area (Å²) < 4.78 is 7.58. The Kier molecular flexibility index (Phi) is 5.49. The normalized spacial score (nSPS) is 10.5. The number of esters is 1. The second-order valence-corrected chi connectivity index (χ2v) is 5.79. The molecule has 2 aromatic rings. The van der Waals surface area contributed by atoms with E-state index in [1.54, 1.807) is 11.6 Å². The Balaban J connectivity index is 2.36. The highest BCUT2D eigenvalue weighted by molar-refractivity contribution is 9.10. The number of halogens is 1.